The van der Waals surface area contributed by atoms with Crippen molar-refractivity contribution >= 4 is 35.3 Å². The fourth-order valence-corrected chi connectivity index (χ4v) is 6.07. The van der Waals surface area contributed by atoms with Crippen LogP contribution in [0.1, 0.15) is 60.4 Å². The molecule has 2 heterocycles. The third-order valence-electron chi connectivity index (χ3n) is 7.70. The molecule has 2 aromatic carbocycles. The zero-order valence-electron chi connectivity index (χ0n) is 26.0. The number of alkyl halides is 3. The topological polar surface area (TPSA) is 104 Å². The van der Waals surface area contributed by atoms with E-state index in [2.05, 4.69) is 18.7 Å². The second kappa shape index (κ2) is 15.4. The van der Waals surface area contributed by atoms with Crippen molar-refractivity contribution in [3.05, 3.63) is 110 Å². The van der Waals surface area contributed by atoms with E-state index in [-0.39, 0.29) is 11.3 Å². The molecule has 1 N–H and O–H groups in total. The van der Waals surface area contributed by atoms with Gasteiger partial charge in [-0.05, 0) is 55.3 Å². The van der Waals surface area contributed by atoms with Gasteiger partial charge in [-0.15, -0.1) is 11.3 Å². The molecule has 240 valence electrons. The highest BCUT2D eigenvalue weighted by molar-refractivity contribution is 7.13. The summed E-state index contributed by atoms with van der Waals surface area (Å²) in [5.74, 6) is -0.564. The molecule has 1 aliphatic heterocycles. The first kappa shape index (κ1) is 34.6. The second-order valence-electron chi connectivity index (χ2n) is 10.8. The number of thiophene rings is 1. The molecule has 1 unspecified atom stereocenters. The summed E-state index contributed by atoms with van der Waals surface area (Å²) in [4.78, 5) is 3.64. The van der Waals surface area contributed by atoms with Crippen molar-refractivity contribution in [3.63, 3.8) is 0 Å². The van der Waals surface area contributed by atoms with Crippen LogP contribution in [0.2, 0.25) is 0 Å². The lowest BCUT2D eigenvalue weighted by Crippen LogP contribution is -2.43. The number of ether oxygens (including phenoxy) is 1. The van der Waals surface area contributed by atoms with Gasteiger partial charge in [0.1, 0.15) is 29.5 Å². The average Bonchev–Trinajstić information content (AvgIpc) is 3.66. The highest BCUT2D eigenvalue weighted by atomic mass is 32.1. The number of phenols is 1. The molecule has 0 amide bonds. The van der Waals surface area contributed by atoms with Gasteiger partial charge in [0.25, 0.3) is 5.60 Å². The minimum absolute atomic E-state index is 0.146. The van der Waals surface area contributed by atoms with Crippen molar-refractivity contribution in [2.75, 3.05) is 18.0 Å². The van der Waals surface area contributed by atoms with Gasteiger partial charge in [-0.1, -0.05) is 63.1 Å². The maximum Gasteiger partial charge on any atom is 0.437 e. The predicted octanol–water partition coefficient (Wildman–Crippen LogP) is 9.65. The summed E-state index contributed by atoms with van der Waals surface area (Å²) in [6.07, 6.45) is 5.40. The minimum Gasteiger partial charge on any atom is -0.507 e. The number of unbranched alkanes of at least 4 members (excludes halogenated alkanes) is 2. The molecule has 0 bridgehead atoms. The Morgan fingerprint density at radius 3 is 2.04 bits per heavy atom. The molecule has 0 aliphatic carbocycles. The molecule has 47 heavy (non-hydrogen) atoms. The van der Waals surface area contributed by atoms with Crippen molar-refractivity contribution in [3.8, 4) is 24.0 Å². The molecule has 0 saturated carbocycles. The normalized spacial score (nSPS) is 16.3. The quantitative estimate of drug-likeness (QED) is 0.195. The monoisotopic (exact) mass is 654 g/mol. The molecular formula is C37H33F3N4O2S. The van der Waals surface area contributed by atoms with Gasteiger partial charge in [-0.25, -0.2) is 0 Å². The molecular weight excluding hydrogens is 621 g/mol. The number of aromatic hydroxyl groups is 1. The maximum atomic E-state index is 15.0. The predicted molar refractivity (Wildman–Crippen MR) is 179 cm³/mol. The Balaban J connectivity index is 1.67. The summed E-state index contributed by atoms with van der Waals surface area (Å²) in [6.45, 7) is 6.13. The summed E-state index contributed by atoms with van der Waals surface area (Å²) in [7, 11) is 0. The van der Waals surface area contributed by atoms with Gasteiger partial charge < -0.3 is 14.7 Å². The molecule has 10 heteroatoms. The third kappa shape index (κ3) is 7.43. The number of benzene rings is 2. The first-order chi connectivity index (χ1) is 22.6. The van der Waals surface area contributed by atoms with Gasteiger partial charge in [-0.3, -0.25) is 0 Å². The lowest BCUT2D eigenvalue weighted by atomic mass is 9.84. The van der Waals surface area contributed by atoms with Crippen molar-refractivity contribution in [2.45, 2.75) is 51.3 Å². The van der Waals surface area contributed by atoms with Crippen molar-refractivity contribution < 1.29 is 23.0 Å². The lowest BCUT2D eigenvalue weighted by molar-refractivity contribution is -0.249. The largest absolute Gasteiger partial charge is 0.507 e. The number of phenolic OH excluding ortho intramolecular Hbond substituents is 1. The SMILES string of the molecule is CCCCN(CCCC)c1ccc(/C=C/c2ccc(/C=C/C3=C(C#N)C(=C(C#N)C#N)OC3(c3ccccc3)C(F)(F)F)s2)c(O)c1. The first-order valence-electron chi connectivity index (χ1n) is 15.2. The molecule has 1 atom stereocenters. The number of rotatable bonds is 12. The van der Waals surface area contributed by atoms with E-state index < -0.39 is 34.3 Å². The zero-order chi connectivity index (χ0) is 34.0. The van der Waals surface area contributed by atoms with Crippen LogP contribution in [-0.2, 0) is 10.3 Å². The van der Waals surface area contributed by atoms with Crippen molar-refractivity contribution in [1.82, 2.24) is 0 Å². The van der Waals surface area contributed by atoms with Gasteiger partial charge in [-0.2, -0.15) is 29.0 Å². The van der Waals surface area contributed by atoms with Gasteiger partial charge in [0.15, 0.2) is 11.3 Å². The van der Waals surface area contributed by atoms with Gasteiger partial charge >= 0.3 is 6.18 Å². The van der Waals surface area contributed by atoms with E-state index in [1.165, 1.54) is 41.7 Å². The number of allylic oxidation sites excluding steroid dienone is 2. The van der Waals surface area contributed by atoms with Crippen LogP contribution in [0.3, 0.4) is 0 Å². The van der Waals surface area contributed by atoms with Crippen LogP contribution in [0.4, 0.5) is 18.9 Å². The van der Waals surface area contributed by atoms with E-state index in [0.717, 1.165) is 55.4 Å². The molecule has 4 rings (SSSR count). The summed E-state index contributed by atoms with van der Waals surface area (Å²) >= 11 is 1.29. The van der Waals surface area contributed by atoms with Crippen LogP contribution < -0.4 is 4.90 Å². The Kier molecular flexibility index (Phi) is 11.3. The molecule has 0 radical (unpaired) electrons. The van der Waals surface area contributed by atoms with E-state index in [1.54, 1.807) is 54.6 Å². The van der Waals surface area contributed by atoms with Crippen LogP contribution in [-0.4, -0.2) is 24.4 Å². The second-order valence-corrected chi connectivity index (χ2v) is 12.0. The van der Waals surface area contributed by atoms with E-state index in [1.807, 2.05) is 12.1 Å². The molecule has 1 aliphatic rings. The number of halogens is 3. The Morgan fingerprint density at radius 2 is 1.51 bits per heavy atom. The van der Waals surface area contributed by atoms with Crippen molar-refractivity contribution in [1.29, 1.82) is 15.8 Å². The Bertz CT molecular complexity index is 1810. The number of nitriles is 3. The van der Waals surface area contributed by atoms with E-state index >= 15 is 0 Å². The minimum atomic E-state index is -5.06. The van der Waals surface area contributed by atoms with Gasteiger partial charge in [0.2, 0.25) is 0 Å². The number of nitrogens with zero attached hydrogens (tertiary/aromatic N) is 4. The molecule has 0 fully saturated rings. The summed E-state index contributed by atoms with van der Waals surface area (Å²) in [5.41, 5.74) is -3.63. The van der Waals surface area contributed by atoms with Crippen LogP contribution in [0, 0.1) is 34.0 Å². The van der Waals surface area contributed by atoms with Crippen molar-refractivity contribution in [2.24, 2.45) is 0 Å². The van der Waals surface area contributed by atoms with Gasteiger partial charge in [0, 0.05) is 51.3 Å². The first-order valence-corrected chi connectivity index (χ1v) is 16.0. The Morgan fingerprint density at radius 1 is 0.894 bits per heavy atom. The van der Waals surface area contributed by atoms with Crippen LogP contribution in [0.25, 0.3) is 18.2 Å². The zero-order valence-corrected chi connectivity index (χ0v) is 26.8. The standard InChI is InChI=1S/C37H33F3N4O2S/c1-3-5-20-44(21-6-4-2)29-14-12-26(34(45)22-29)13-15-30-16-17-31(47-30)18-19-33-32(25-43)35(27(23-41)24-42)46-36(33,37(38,39)40)28-10-8-7-9-11-28/h7-19,22,45H,3-6,20-21H2,1-2H3/b15-13+,19-18+. The molecule has 0 saturated heterocycles. The highest BCUT2D eigenvalue weighted by Gasteiger charge is 2.65. The fourth-order valence-electron chi connectivity index (χ4n) is 5.26. The van der Waals surface area contributed by atoms with Crippen LogP contribution in [0.5, 0.6) is 5.75 Å². The fraction of sp³-hybridized carbons (Fsp3) is 0.270. The molecule has 1 aromatic heterocycles. The van der Waals surface area contributed by atoms with E-state index in [9.17, 15) is 34.1 Å². The lowest BCUT2D eigenvalue weighted by Gasteiger charge is -2.33. The number of anilines is 1. The maximum absolute atomic E-state index is 15.0. The third-order valence-corrected chi connectivity index (χ3v) is 8.72. The summed E-state index contributed by atoms with van der Waals surface area (Å²) < 4.78 is 50.4. The number of hydrogen-bond acceptors (Lipinski definition) is 7. The average molecular weight is 655 g/mol. The molecule has 6 nitrogen and oxygen atoms in total. The molecule has 0 spiro atoms. The molecule has 3 aromatic rings. The Labute approximate surface area is 276 Å². The summed E-state index contributed by atoms with van der Waals surface area (Å²) in [6, 6.07) is 20.8. The van der Waals surface area contributed by atoms with Gasteiger partial charge in [0.05, 0.1) is 0 Å². The Hall–Kier alpha value is -5.24. The smallest absolute Gasteiger partial charge is 0.437 e. The van der Waals surface area contributed by atoms with Crippen LogP contribution in [0.15, 0.2) is 89.2 Å². The van der Waals surface area contributed by atoms with Crippen LogP contribution >= 0.6 is 11.3 Å². The highest BCUT2D eigenvalue weighted by Crippen LogP contribution is 2.56. The van der Waals surface area contributed by atoms with E-state index in [4.69, 9.17) is 4.74 Å². The summed E-state index contributed by atoms with van der Waals surface area (Å²) in [5, 5.41) is 39.6. The van der Waals surface area contributed by atoms with E-state index in [0.29, 0.717) is 10.4 Å². The number of hydrogen-bond donors (Lipinski definition) is 1.